The van der Waals surface area contributed by atoms with E-state index in [2.05, 4.69) is 5.32 Å². The zero-order chi connectivity index (χ0) is 15.0. The van der Waals surface area contributed by atoms with Crippen molar-refractivity contribution < 1.29 is 14.7 Å². The number of thioether (sulfide) groups is 1. The van der Waals surface area contributed by atoms with E-state index in [1.165, 1.54) is 11.8 Å². The molecule has 0 aliphatic carbocycles. The Kier molecular flexibility index (Phi) is 6.60. The minimum absolute atomic E-state index is 0.238. The number of rotatable bonds is 7. The molecule has 1 aromatic carbocycles. The number of carbonyl (C=O) groups excluding carboxylic acids is 1. The van der Waals surface area contributed by atoms with Crippen LogP contribution in [-0.4, -0.2) is 28.8 Å². The van der Waals surface area contributed by atoms with Crippen LogP contribution >= 0.6 is 11.8 Å². The summed E-state index contributed by atoms with van der Waals surface area (Å²) in [5.74, 6) is -1.23. The Labute approximate surface area is 122 Å². The van der Waals surface area contributed by atoms with Crippen LogP contribution in [0.5, 0.6) is 0 Å². The van der Waals surface area contributed by atoms with Gasteiger partial charge in [-0.15, -0.1) is 11.8 Å². The lowest BCUT2D eigenvalue weighted by molar-refractivity contribution is -0.139. The molecule has 0 heterocycles. The Balaban J connectivity index is 2.86. The molecule has 106 valence electrons. The summed E-state index contributed by atoms with van der Waals surface area (Å²) in [4.78, 5) is 23.9. The van der Waals surface area contributed by atoms with Gasteiger partial charge in [0.15, 0.2) is 0 Å². The Bertz CT molecular complexity index is 525. The second-order valence-electron chi connectivity index (χ2n) is 4.10. The summed E-state index contributed by atoms with van der Waals surface area (Å²) in [6.07, 6.45) is 1.05. The van der Waals surface area contributed by atoms with Gasteiger partial charge in [0.25, 0.3) is 5.91 Å². The van der Waals surface area contributed by atoms with Crippen LogP contribution in [0.1, 0.15) is 30.1 Å². The first-order valence-corrected chi connectivity index (χ1v) is 7.21. The maximum absolute atomic E-state index is 12.1. The summed E-state index contributed by atoms with van der Waals surface area (Å²) in [6, 6.07) is 7.96. The van der Waals surface area contributed by atoms with Crippen LogP contribution in [0, 0.1) is 11.3 Å². The fourth-order valence-electron chi connectivity index (χ4n) is 1.67. The fraction of sp³-hybridized carbons (Fsp3) is 0.357. The molecule has 0 saturated carbocycles. The molecule has 0 bridgehead atoms. The highest BCUT2D eigenvalue weighted by atomic mass is 32.2. The lowest BCUT2D eigenvalue weighted by Crippen LogP contribution is -2.40. The van der Waals surface area contributed by atoms with E-state index in [-0.39, 0.29) is 5.75 Å². The molecule has 0 fully saturated rings. The lowest BCUT2D eigenvalue weighted by Gasteiger charge is -2.14. The number of nitriles is 1. The molecule has 0 aliphatic rings. The molecule has 0 aliphatic heterocycles. The highest BCUT2D eigenvalue weighted by molar-refractivity contribution is 7.99. The summed E-state index contributed by atoms with van der Waals surface area (Å²) in [7, 11) is 0. The van der Waals surface area contributed by atoms with Crippen molar-refractivity contribution in [2.24, 2.45) is 0 Å². The third-order valence-corrected chi connectivity index (χ3v) is 3.55. The first kappa shape index (κ1) is 16.1. The number of benzene rings is 1. The van der Waals surface area contributed by atoms with E-state index in [9.17, 15) is 9.59 Å². The number of nitrogens with one attached hydrogen (secondary N) is 1. The normalized spacial score (nSPS) is 11.4. The Hall–Kier alpha value is -2.00. The third kappa shape index (κ3) is 4.59. The smallest absolute Gasteiger partial charge is 0.326 e. The average Bonchev–Trinajstić information content (AvgIpc) is 2.44. The van der Waals surface area contributed by atoms with Crippen molar-refractivity contribution in [1.29, 1.82) is 5.26 Å². The third-order valence-electron chi connectivity index (χ3n) is 2.60. The van der Waals surface area contributed by atoms with Gasteiger partial charge in [-0.1, -0.05) is 25.5 Å². The van der Waals surface area contributed by atoms with E-state index >= 15 is 0 Å². The molecular weight excluding hydrogens is 276 g/mol. The van der Waals surface area contributed by atoms with Gasteiger partial charge >= 0.3 is 5.97 Å². The fourth-order valence-corrected chi connectivity index (χ4v) is 2.38. The minimum atomic E-state index is -1.04. The molecule has 6 heteroatoms. The van der Waals surface area contributed by atoms with Gasteiger partial charge in [0.2, 0.25) is 0 Å². The largest absolute Gasteiger partial charge is 0.480 e. The first-order chi connectivity index (χ1) is 9.60. The summed E-state index contributed by atoms with van der Waals surface area (Å²) in [5.41, 5.74) is 0.398. The van der Waals surface area contributed by atoms with Gasteiger partial charge in [-0.25, -0.2) is 4.79 Å². The highest BCUT2D eigenvalue weighted by Gasteiger charge is 2.20. The van der Waals surface area contributed by atoms with Crippen molar-refractivity contribution in [2.45, 2.75) is 30.7 Å². The SMILES string of the molecule is CCC[C@H](NC(=O)c1ccccc1SCC#N)C(=O)O. The van der Waals surface area contributed by atoms with Crippen LogP contribution in [-0.2, 0) is 4.79 Å². The number of amides is 1. The van der Waals surface area contributed by atoms with Gasteiger partial charge in [0.05, 0.1) is 17.4 Å². The molecule has 0 saturated heterocycles. The second kappa shape index (κ2) is 8.23. The van der Waals surface area contributed by atoms with E-state index in [0.717, 1.165) is 0 Å². The maximum Gasteiger partial charge on any atom is 0.326 e. The predicted molar refractivity (Wildman–Crippen MR) is 76.6 cm³/mol. The standard InChI is InChI=1S/C14H16N2O3S/c1-2-5-11(14(18)19)16-13(17)10-6-3-4-7-12(10)20-9-8-15/h3-4,6-7,11H,2,5,9H2,1H3,(H,16,17)(H,18,19)/t11-/m0/s1. The van der Waals surface area contributed by atoms with Crippen molar-refractivity contribution >= 4 is 23.6 Å². The molecule has 0 unspecified atom stereocenters. The van der Waals surface area contributed by atoms with Crippen LogP contribution in [0.3, 0.4) is 0 Å². The van der Waals surface area contributed by atoms with Gasteiger partial charge in [-0.2, -0.15) is 5.26 Å². The Morgan fingerprint density at radius 1 is 1.45 bits per heavy atom. The maximum atomic E-state index is 12.1. The zero-order valence-corrected chi connectivity index (χ0v) is 11.9. The number of hydrogen-bond donors (Lipinski definition) is 2. The Morgan fingerprint density at radius 3 is 2.75 bits per heavy atom. The number of nitrogens with zero attached hydrogens (tertiary/aromatic N) is 1. The average molecular weight is 292 g/mol. The molecular formula is C14H16N2O3S. The van der Waals surface area contributed by atoms with Crippen LogP contribution in [0.4, 0.5) is 0 Å². The monoisotopic (exact) mass is 292 g/mol. The topological polar surface area (TPSA) is 90.2 Å². The molecule has 5 nitrogen and oxygen atoms in total. The molecule has 0 radical (unpaired) electrons. The van der Waals surface area contributed by atoms with E-state index < -0.39 is 17.9 Å². The highest BCUT2D eigenvalue weighted by Crippen LogP contribution is 2.22. The van der Waals surface area contributed by atoms with Crippen molar-refractivity contribution in [3.05, 3.63) is 29.8 Å². The van der Waals surface area contributed by atoms with Crippen LogP contribution in [0.2, 0.25) is 0 Å². The molecule has 1 aromatic rings. The van der Waals surface area contributed by atoms with Gasteiger partial charge in [-0.3, -0.25) is 4.79 Å². The summed E-state index contributed by atoms with van der Waals surface area (Å²) < 4.78 is 0. The summed E-state index contributed by atoms with van der Waals surface area (Å²) >= 11 is 1.25. The summed E-state index contributed by atoms with van der Waals surface area (Å²) in [5, 5.41) is 20.2. The number of hydrogen-bond acceptors (Lipinski definition) is 4. The quantitative estimate of drug-likeness (QED) is 0.752. The first-order valence-electron chi connectivity index (χ1n) is 6.22. The van der Waals surface area contributed by atoms with Gasteiger partial charge in [0.1, 0.15) is 6.04 Å². The Morgan fingerprint density at radius 2 is 2.15 bits per heavy atom. The zero-order valence-electron chi connectivity index (χ0n) is 11.1. The lowest BCUT2D eigenvalue weighted by atomic mass is 10.1. The summed E-state index contributed by atoms with van der Waals surface area (Å²) in [6.45, 7) is 1.86. The number of carboxylic acids is 1. The molecule has 1 rings (SSSR count). The van der Waals surface area contributed by atoms with Crippen molar-refractivity contribution in [1.82, 2.24) is 5.32 Å². The molecule has 20 heavy (non-hydrogen) atoms. The molecule has 0 spiro atoms. The predicted octanol–water partition coefficient (Wildman–Crippen LogP) is 2.29. The van der Waals surface area contributed by atoms with Gasteiger partial charge in [-0.05, 0) is 18.6 Å². The van der Waals surface area contributed by atoms with Crippen LogP contribution in [0.15, 0.2) is 29.2 Å². The molecule has 1 amide bonds. The molecule has 0 aromatic heterocycles. The van der Waals surface area contributed by atoms with E-state index in [0.29, 0.717) is 23.3 Å². The number of carboxylic acid groups (broad SMARTS) is 1. The van der Waals surface area contributed by atoms with Crippen molar-refractivity contribution in [3.8, 4) is 6.07 Å². The van der Waals surface area contributed by atoms with Crippen LogP contribution in [0.25, 0.3) is 0 Å². The number of carbonyl (C=O) groups is 2. The minimum Gasteiger partial charge on any atom is -0.480 e. The van der Waals surface area contributed by atoms with Crippen LogP contribution < -0.4 is 5.32 Å². The van der Waals surface area contributed by atoms with E-state index in [4.69, 9.17) is 10.4 Å². The van der Waals surface area contributed by atoms with Gasteiger partial charge < -0.3 is 10.4 Å². The van der Waals surface area contributed by atoms with E-state index in [1.54, 1.807) is 24.3 Å². The number of aliphatic carboxylic acids is 1. The second-order valence-corrected chi connectivity index (χ2v) is 5.11. The van der Waals surface area contributed by atoms with Gasteiger partial charge in [0, 0.05) is 4.90 Å². The van der Waals surface area contributed by atoms with E-state index in [1.807, 2.05) is 13.0 Å². The molecule has 1 atom stereocenters. The van der Waals surface area contributed by atoms with Crippen molar-refractivity contribution in [3.63, 3.8) is 0 Å². The van der Waals surface area contributed by atoms with Crippen molar-refractivity contribution in [2.75, 3.05) is 5.75 Å². The molecule has 2 N–H and O–H groups in total.